The van der Waals surface area contributed by atoms with Gasteiger partial charge < -0.3 is 10.3 Å². The largest absolute Gasteiger partial charge is 0.358 e. The average Bonchev–Trinajstić information content (AvgIpc) is 3.64. The summed E-state index contributed by atoms with van der Waals surface area (Å²) in [6.07, 6.45) is 12.1. The van der Waals surface area contributed by atoms with Gasteiger partial charge in [0.2, 0.25) is 0 Å². The first-order valence-electron chi connectivity index (χ1n) is 12.1. The zero-order valence-electron chi connectivity index (χ0n) is 20.2. The fourth-order valence-corrected chi connectivity index (χ4v) is 5.18. The zero-order valence-corrected chi connectivity index (χ0v) is 21.0. The van der Waals surface area contributed by atoms with Crippen molar-refractivity contribution in [3.8, 4) is 33.0 Å². The molecule has 3 N–H and O–H groups in total. The quantitative estimate of drug-likeness (QED) is 0.197. The lowest BCUT2D eigenvalue weighted by Crippen LogP contribution is -1.98. The summed E-state index contributed by atoms with van der Waals surface area (Å²) >= 11 is 1.11. The minimum Gasteiger partial charge on any atom is -0.358 e. The third-order valence-corrected chi connectivity index (χ3v) is 7.20. The minimum absolute atomic E-state index is 0.222. The summed E-state index contributed by atoms with van der Waals surface area (Å²) in [5.41, 5.74) is 7.77. The van der Waals surface area contributed by atoms with Gasteiger partial charge in [0.1, 0.15) is 0 Å². The van der Waals surface area contributed by atoms with Gasteiger partial charge in [-0.15, -0.1) is 11.3 Å². The molecule has 0 bridgehead atoms. The topological polar surface area (TPSA) is 95.2 Å². The van der Waals surface area contributed by atoms with Crippen LogP contribution in [0, 0.1) is 5.13 Å². The molecule has 0 unspecified atom stereocenters. The number of nitrogens with one attached hydrogen (secondary N) is 3. The van der Waals surface area contributed by atoms with Crippen LogP contribution in [0.4, 0.5) is 10.1 Å². The number of fused-ring (bicyclic) bond motifs is 2. The summed E-state index contributed by atoms with van der Waals surface area (Å²) < 4.78 is 13.7. The van der Waals surface area contributed by atoms with Crippen LogP contribution in [0.15, 0.2) is 73.6 Å². The first kappa shape index (κ1) is 23.1. The molecule has 37 heavy (non-hydrogen) atoms. The highest BCUT2D eigenvalue weighted by Gasteiger charge is 2.16. The van der Waals surface area contributed by atoms with Crippen molar-refractivity contribution in [3.05, 3.63) is 78.7 Å². The number of anilines is 1. The Morgan fingerprint density at radius 2 is 1.89 bits per heavy atom. The molecule has 9 heteroatoms. The Morgan fingerprint density at radius 3 is 2.73 bits per heavy atom. The molecule has 0 amide bonds. The van der Waals surface area contributed by atoms with Crippen LogP contribution in [-0.4, -0.2) is 30.1 Å². The van der Waals surface area contributed by atoms with Crippen molar-refractivity contribution >= 4 is 39.0 Å². The molecule has 0 atom stereocenters. The van der Waals surface area contributed by atoms with E-state index in [2.05, 4.69) is 55.0 Å². The lowest BCUT2D eigenvalue weighted by Gasteiger charge is -2.10. The monoisotopic (exact) mass is 509 g/mol. The molecule has 0 aromatic carbocycles. The lowest BCUT2D eigenvalue weighted by atomic mass is 10.1. The third kappa shape index (κ3) is 4.49. The molecular formula is C28H24FN7S. The van der Waals surface area contributed by atoms with Crippen LogP contribution >= 0.6 is 11.3 Å². The minimum atomic E-state index is -0.222. The average molecular weight is 510 g/mol. The number of halogens is 1. The van der Waals surface area contributed by atoms with E-state index in [-0.39, 0.29) is 5.13 Å². The van der Waals surface area contributed by atoms with E-state index in [0.717, 1.165) is 91.2 Å². The summed E-state index contributed by atoms with van der Waals surface area (Å²) in [6.45, 7) is 6.29. The second kappa shape index (κ2) is 9.59. The predicted octanol–water partition coefficient (Wildman–Crippen LogP) is 7.55. The van der Waals surface area contributed by atoms with Gasteiger partial charge in [-0.3, -0.25) is 15.1 Å². The van der Waals surface area contributed by atoms with Crippen molar-refractivity contribution in [1.29, 1.82) is 0 Å². The molecule has 6 aromatic heterocycles. The van der Waals surface area contributed by atoms with Crippen LogP contribution in [-0.2, 0) is 0 Å². The van der Waals surface area contributed by atoms with Crippen LogP contribution in [0.5, 0.6) is 0 Å². The number of pyridine rings is 3. The number of nitrogens with zero attached hydrogens (tertiary/aromatic N) is 4. The number of H-pyrrole nitrogens is 2. The third-order valence-electron chi connectivity index (χ3n) is 6.29. The summed E-state index contributed by atoms with van der Waals surface area (Å²) in [5, 5.41) is 12.5. The van der Waals surface area contributed by atoms with E-state index in [1.807, 2.05) is 18.3 Å². The van der Waals surface area contributed by atoms with Gasteiger partial charge in [0.15, 0.2) is 10.8 Å². The molecule has 0 aliphatic heterocycles. The van der Waals surface area contributed by atoms with Crippen LogP contribution in [0.1, 0.15) is 26.2 Å². The predicted molar refractivity (Wildman–Crippen MR) is 148 cm³/mol. The summed E-state index contributed by atoms with van der Waals surface area (Å²) in [7, 11) is 0. The van der Waals surface area contributed by atoms with Crippen LogP contribution in [0.25, 0.3) is 54.9 Å². The van der Waals surface area contributed by atoms with Crippen molar-refractivity contribution in [1.82, 2.24) is 30.1 Å². The molecule has 6 heterocycles. The Balaban J connectivity index is 1.37. The van der Waals surface area contributed by atoms with E-state index in [4.69, 9.17) is 0 Å². The molecule has 184 valence electrons. The highest BCUT2D eigenvalue weighted by Crippen LogP contribution is 2.36. The molecule has 0 radical (unpaired) electrons. The lowest BCUT2D eigenvalue weighted by molar-refractivity contribution is 0.657. The van der Waals surface area contributed by atoms with E-state index >= 15 is 0 Å². The zero-order chi connectivity index (χ0) is 25.4. The van der Waals surface area contributed by atoms with E-state index in [1.54, 1.807) is 30.9 Å². The Bertz CT molecular complexity index is 1750. The Kier molecular flexibility index (Phi) is 5.97. The van der Waals surface area contributed by atoms with E-state index in [0.29, 0.717) is 5.65 Å². The summed E-state index contributed by atoms with van der Waals surface area (Å²) in [4.78, 5) is 17.6. The van der Waals surface area contributed by atoms with Crippen LogP contribution in [0.3, 0.4) is 0 Å². The van der Waals surface area contributed by atoms with Crippen molar-refractivity contribution < 1.29 is 4.39 Å². The van der Waals surface area contributed by atoms with Gasteiger partial charge in [-0.25, -0.2) is 4.98 Å². The maximum absolute atomic E-state index is 13.7. The van der Waals surface area contributed by atoms with Gasteiger partial charge in [-0.05, 0) is 43.2 Å². The highest BCUT2D eigenvalue weighted by molar-refractivity contribution is 7.14. The molecule has 7 nitrogen and oxygen atoms in total. The van der Waals surface area contributed by atoms with Gasteiger partial charge >= 0.3 is 0 Å². The molecule has 6 rings (SSSR count). The molecular weight excluding hydrogens is 485 g/mol. The first-order valence-corrected chi connectivity index (χ1v) is 12.9. The number of hydrogen-bond donors (Lipinski definition) is 3. The van der Waals surface area contributed by atoms with Gasteiger partial charge in [-0.1, -0.05) is 19.9 Å². The molecule has 0 saturated heterocycles. The second-order valence-electron chi connectivity index (χ2n) is 8.92. The molecule has 0 aliphatic carbocycles. The van der Waals surface area contributed by atoms with Crippen molar-refractivity contribution in [2.75, 3.05) is 5.32 Å². The molecule has 6 aromatic rings. The van der Waals surface area contributed by atoms with Crippen molar-refractivity contribution in [3.63, 3.8) is 0 Å². The Labute approximate surface area is 216 Å². The number of allylic oxidation sites excluding steroid dienone is 1. The number of unbranched alkanes of at least 4 members (excludes halogenated alkanes) is 1. The maximum Gasteiger partial charge on any atom is 0.181 e. The Morgan fingerprint density at radius 1 is 1.03 bits per heavy atom. The molecule has 0 aliphatic rings. The number of aromatic amines is 2. The Hall–Kier alpha value is -4.37. The smallest absolute Gasteiger partial charge is 0.181 e. The molecule has 0 saturated carbocycles. The maximum atomic E-state index is 13.7. The number of rotatable bonds is 8. The van der Waals surface area contributed by atoms with Crippen molar-refractivity contribution in [2.24, 2.45) is 0 Å². The van der Waals surface area contributed by atoms with Gasteiger partial charge in [0, 0.05) is 56.6 Å². The molecule has 0 spiro atoms. The van der Waals surface area contributed by atoms with Crippen LogP contribution < -0.4 is 5.32 Å². The van der Waals surface area contributed by atoms with Gasteiger partial charge in [0.25, 0.3) is 0 Å². The van der Waals surface area contributed by atoms with E-state index in [1.165, 1.54) is 6.07 Å². The van der Waals surface area contributed by atoms with Gasteiger partial charge in [-0.2, -0.15) is 9.49 Å². The summed E-state index contributed by atoms with van der Waals surface area (Å²) in [5.74, 6) is 0. The van der Waals surface area contributed by atoms with Gasteiger partial charge in [0.05, 0.1) is 35.0 Å². The van der Waals surface area contributed by atoms with E-state index in [9.17, 15) is 4.39 Å². The summed E-state index contributed by atoms with van der Waals surface area (Å²) in [6, 6.07) is 9.40. The standard InChI is InChI=1S/C28H24FN7S/c1-3-4-5-16(2)33-19-8-17(11-30-13-19)18-9-21-27(35-36-28(21)32-12-18)23-10-20-22(14-31-15-24(20)34-23)25-6-7-26(29)37-25/h6-15,33-34H,2-5H2,1H3,(H,32,35,36). The fraction of sp³-hybridized carbons (Fsp3) is 0.143. The van der Waals surface area contributed by atoms with Crippen molar-refractivity contribution in [2.45, 2.75) is 26.2 Å². The molecule has 0 fully saturated rings. The number of thiophene rings is 1. The van der Waals surface area contributed by atoms with Crippen LogP contribution in [0.2, 0.25) is 0 Å². The number of hydrogen-bond acceptors (Lipinski definition) is 6. The van der Waals surface area contributed by atoms with E-state index < -0.39 is 0 Å². The highest BCUT2D eigenvalue weighted by atomic mass is 32.1. The second-order valence-corrected chi connectivity index (χ2v) is 9.96. The normalized spacial score (nSPS) is 11.4. The SMILES string of the molecule is C=C(CCCC)Nc1cncc(-c2cnc3n[nH]c(-c4cc5c(-c6ccc(F)s6)cncc5[nH]4)c3c2)c1. The fourth-order valence-electron chi connectivity index (χ4n) is 4.43. The first-order chi connectivity index (χ1) is 18.1. The number of aromatic nitrogens is 6.